The van der Waals surface area contributed by atoms with Crippen molar-refractivity contribution >= 4 is 17.7 Å². The summed E-state index contributed by atoms with van der Waals surface area (Å²) in [7, 11) is 13.4. The van der Waals surface area contributed by atoms with Crippen LogP contribution in [0.2, 0.25) is 0 Å². The summed E-state index contributed by atoms with van der Waals surface area (Å²) in [6.45, 7) is 58.8. The van der Waals surface area contributed by atoms with Gasteiger partial charge in [0, 0.05) is 149 Å². The molecule has 9 rings (SSSR count). The van der Waals surface area contributed by atoms with Crippen molar-refractivity contribution in [3.05, 3.63) is 35.7 Å². The van der Waals surface area contributed by atoms with E-state index in [1.54, 1.807) is 15.8 Å². The van der Waals surface area contributed by atoms with Gasteiger partial charge >= 0.3 is 0 Å². The van der Waals surface area contributed by atoms with E-state index >= 15 is 0 Å². The van der Waals surface area contributed by atoms with E-state index in [-0.39, 0.29) is 103 Å². The van der Waals surface area contributed by atoms with E-state index in [1.165, 1.54) is 0 Å². The summed E-state index contributed by atoms with van der Waals surface area (Å²) >= 11 is 0. The molecule has 0 aromatic rings. The summed E-state index contributed by atoms with van der Waals surface area (Å²) < 4.78 is 20.9. The third kappa shape index (κ3) is 21.1. The van der Waals surface area contributed by atoms with Gasteiger partial charge in [-0.2, -0.15) is 0 Å². The fourth-order valence-electron chi connectivity index (χ4n) is 19.3. The average Bonchev–Trinajstić information content (AvgIpc) is 0.805. The van der Waals surface area contributed by atoms with Gasteiger partial charge in [-0.1, -0.05) is 56.8 Å². The largest absolute Gasteiger partial charge is 0.473 e. The first-order valence-electron chi connectivity index (χ1n) is 40.6. The maximum atomic E-state index is 7.11. The van der Waals surface area contributed by atoms with Gasteiger partial charge < -0.3 is 29.7 Å². The number of hydrazine groups is 3. The highest BCUT2D eigenvalue weighted by Crippen LogP contribution is 2.45. The van der Waals surface area contributed by atoms with Crippen molar-refractivity contribution in [1.82, 2.24) is 77.1 Å². The third-order valence-electron chi connectivity index (χ3n) is 26.9. The molecule has 0 saturated carbocycles. The van der Waals surface area contributed by atoms with Crippen LogP contribution in [0, 0.1) is 0 Å². The highest BCUT2D eigenvalue weighted by molar-refractivity contribution is 5.89. The van der Waals surface area contributed by atoms with Gasteiger partial charge in [-0.3, -0.25) is 29.4 Å². The molecule has 6 saturated heterocycles. The molecule has 0 atom stereocenters. The highest BCUT2D eigenvalue weighted by Gasteiger charge is 2.51. The topological polar surface area (TPSA) is 185 Å². The lowest BCUT2D eigenvalue weighted by molar-refractivity contribution is -0.255. The van der Waals surface area contributed by atoms with Gasteiger partial charge in [0.2, 0.25) is 17.7 Å². The van der Waals surface area contributed by atoms with Crippen molar-refractivity contribution in [3.8, 4) is 0 Å². The molecule has 0 spiro atoms. The quantitative estimate of drug-likeness (QED) is 0.0515. The van der Waals surface area contributed by atoms with E-state index in [0.29, 0.717) is 17.7 Å². The standard InChI is InChI=1S/C81H152N18O6/c1-70(2)46-58(47-71(3,4)90(70)25)100-67-43-64(84-97(87-67)103-61-52-76(13,14)93(28)77(15,16)53-61)82-39-35-31-33-37-41-96(66-45-69(102-60-50-74(9,10)92(27)75(11,12)51-60)89-99(86-66)105-63-56-80(21,22)95(30)81(23,24)57-63)42-38-34-32-36-40-83-65-44-68(101-59-48-72(5,6)91(26)73(7,8)49-59)88-98(85-65)104-62-54-78(17,18)94(29)79(19,20)55-62/h43-45,58-63,82-86H,31-42,46-57H2,1-30H3. The lowest BCUT2D eigenvalue weighted by Crippen LogP contribution is -2.61. The minimum atomic E-state index is -0.0763. The van der Waals surface area contributed by atoms with Crippen LogP contribution >= 0.6 is 0 Å². The van der Waals surface area contributed by atoms with Gasteiger partial charge in [0.05, 0.1) is 18.3 Å². The summed E-state index contributed by atoms with van der Waals surface area (Å²) in [4.78, 5) is 38.0. The molecule has 24 nitrogen and oxygen atoms in total. The van der Waals surface area contributed by atoms with Crippen LogP contribution in [-0.2, 0) is 28.7 Å². The SMILES string of the molecule is CN1C(C)(C)CC(OC2=NN(OC3CC(C)(C)N(C)C(C)(C)C3)NC(NCCCCCCN(CCCCCCNC3=CC(OC4CC(C)(C)N(C)C(C)(C)C4)=NN(OC4CC(C)(C)N(C)C(C)(C)C4)N3)C3=CC(OC4CC(C)(C)N(C)C(C)(C)C4)=NN(OC4CC(C)(C)N(C)C(C)(C)C4)N3)=C2)CC1(C)C. The smallest absolute Gasteiger partial charge is 0.239 e. The maximum Gasteiger partial charge on any atom is 0.239 e. The molecule has 105 heavy (non-hydrogen) atoms. The lowest BCUT2D eigenvalue weighted by atomic mass is 9.79. The average molecular weight is 1470 g/mol. The molecule has 0 bridgehead atoms. The summed E-state index contributed by atoms with van der Waals surface area (Å²) in [6, 6.07) is 0. The molecular formula is C81H152N18O6. The van der Waals surface area contributed by atoms with Gasteiger partial charge in [-0.15, -0.1) is 0 Å². The predicted octanol–water partition coefficient (Wildman–Crippen LogP) is 13.3. The number of piperidine rings is 6. The second-order valence-electron chi connectivity index (χ2n) is 40.7. The Kier molecular flexibility index (Phi) is 25.5. The van der Waals surface area contributed by atoms with Gasteiger partial charge in [-0.25, -0.2) is 30.8 Å². The Morgan fingerprint density at radius 1 is 0.314 bits per heavy atom. The molecule has 0 radical (unpaired) electrons. The van der Waals surface area contributed by atoms with Crippen LogP contribution < -0.4 is 26.9 Å². The Balaban J connectivity index is 0.874. The molecule has 0 amide bonds. The molecule has 0 aromatic heterocycles. The van der Waals surface area contributed by atoms with E-state index < -0.39 is 0 Å². The Labute approximate surface area is 637 Å². The number of nitrogens with one attached hydrogen (secondary N) is 5. The van der Waals surface area contributed by atoms with Gasteiger partial charge in [0.15, 0.2) is 0 Å². The van der Waals surface area contributed by atoms with Crippen LogP contribution in [0.5, 0.6) is 0 Å². The number of ether oxygens (including phenoxy) is 3. The van der Waals surface area contributed by atoms with Crippen LogP contribution in [0.4, 0.5) is 0 Å². The van der Waals surface area contributed by atoms with Gasteiger partial charge in [-0.05, 0) is 273 Å². The minimum absolute atomic E-state index is 0.00180. The zero-order valence-electron chi connectivity index (χ0n) is 71.9. The third-order valence-corrected chi connectivity index (χ3v) is 26.9. The van der Waals surface area contributed by atoms with Crippen molar-refractivity contribution in [3.63, 3.8) is 0 Å². The number of hydrazone groups is 3. The first-order valence-corrected chi connectivity index (χ1v) is 40.6. The van der Waals surface area contributed by atoms with Crippen molar-refractivity contribution in [2.75, 3.05) is 68.5 Å². The van der Waals surface area contributed by atoms with E-state index in [1.807, 2.05) is 12.2 Å². The summed E-state index contributed by atoms with van der Waals surface area (Å²) in [5.74, 6) is 4.29. The molecule has 5 N–H and O–H groups in total. The normalized spacial score (nSPS) is 27.5. The van der Waals surface area contributed by atoms with E-state index in [9.17, 15) is 0 Å². The zero-order valence-corrected chi connectivity index (χ0v) is 71.9. The summed E-state index contributed by atoms with van der Waals surface area (Å²) in [5.41, 5.74) is 10.1. The van der Waals surface area contributed by atoms with E-state index in [0.717, 1.165) is 172 Å². The van der Waals surface area contributed by atoms with Crippen LogP contribution in [0.25, 0.3) is 0 Å². The molecule has 602 valence electrons. The van der Waals surface area contributed by atoms with E-state index in [2.05, 4.69) is 276 Å². The molecule has 9 aliphatic rings. The number of rotatable bonds is 26. The fourth-order valence-corrected chi connectivity index (χ4v) is 19.3. The molecule has 0 aromatic carbocycles. The van der Waals surface area contributed by atoms with E-state index in [4.69, 9.17) is 44.0 Å². The molecule has 24 heteroatoms. The van der Waals surface area contributed by atoms with Crippen molar-refractivity contribution < 1.29 is 28.7 Å². The number of likely N-dealkylation sites (tertiary alicyclic amines) is 6. The first kappa shape index (κ1) is 84.5. The molecular weight excluding hydrogens is 1320 g/mol. The number of hydrogen-bond acceptors (Lipinski definition) is 24. The molecule has 0 aliphatic carbocycles. The maximum absolute atomic E-state index is 7.11. The molecule has 9 heterocycles. The van der Waals surface area contributed by atoms with Crippen LogP contribution in [0.1, 0.15) is 295 Å². The number of nitrogens with zero attached hydrogens (tertiary/aromatic N) is 13. The Hall–Kier alpha value is -4.53. The summed E-state index contributed by atoms with van der Waals surface area (Å²) in [5, 5.41) is 27.3. The predicted molar refractivity (Wildman–Crippen MR) is 426 cm³/mol. The first-order chi connectivity index (χ1) is 48.3. The number of unbranched alkanes of at least 4 members (excludes halogenated alkanes) is 6. The molecule has 9 aliphatic heterocycles. The molecule has 0 unspecified atom stereocenters. The van der Waals surface area contributed by atoms with Crippen LogP contribution in [0.3, 0.4) is 0 Å². The Bertz CT molecular complexity index is 2880. The second-order valence-corrected chi connectivity index (χ2v) is 40.7. The second kappa shape index (κ2) is 31.7. The van der Waals surface area contributed by atoms with Crippen LogP contribution in [-0.4, -0.2) is 239 Å². The van der Waals surface area contributed by atoms with Crippen molar-refractivity contribution in [2.45, 2.75) is 398 Å². The summed E-state index contributed by atoms with van der Waals surface area (Å²) in [6.07, 6.45) is 24.7. The highest BCUT2D eigenvalue weighted by atomic mass is 16.8. The monoisotopic (exact) mass is 1470 g/mol. The van der Waals surface area contributed by atoms with Crippen LogP contribution in [0.15, 0.2) is 51.0 Å². The van der Waals surface area contributed by atoms with Crippen molar-refractivity contribution in [1.29, 1.82) is 0 Å². The fraction of sp³-hybridized carbons (Fsp3) is 0.889. The van der Waals surface area contributed by atoms with Crippen molar-refractivity contribution in [2.24, 2.45) is 15.3 Å². The van der Waals surface area contributed by atoms with Gasteiger partial charge in [0.1, 0.15) is 35.8 Å². The van der Waals surface area contributed by atoms with Gasteiger partial charge in [0.25, 0.3) is 0 Å². The Morgan fingerprint density at radius 2 is 0.533 bits per heavy atom. The zero-order chi connectivity index (χ0) is 77.7. The molecule has 6 fully saturated rings. The minimum Gasteiger partial charge on any atom is -0.473 e. The lowest BCUT2D eigenvalue weighted by Gasteiger charge is -2.53. The number of hydrogen-bond donors (Lipinski definition) is 5. The Morgan fingerprint density at radius 3 is 0.790 bits per heavy atom.